The van der Waals surface area contributed by atoms with Crippen LogP contribution in [0.3, 0.4) is 0 Å². The van der Waals surface area contributed by atoms with Gasteiger partial charge in [-0.05, 0) is 24.5 Å². The maximum atomic E-state index is 10.9. The molecule has 5 heteroatoms. The average molecular weight is 223 g/mol. The third-order valence-electron chi connectivity index (χ3n) is 2.19. The minimum absolute atomic E-state index is 0.00956. The van der Waals surface area contributed by atoms with Gasteiger partial charge in [0, 0.05) is 12.6 Å². The Kier molecular flexibility index (Phi) is 3.99. The molecule has 1 heterocycles. The summed E-state index contributed by atoms with van der Waals surface area (Å²) in [5.74, 6) is -2.06. The van der Waals surface area contributed by atoms with Crippen molar-refractivity contribution in [3.63, 3.8) is 0 Å². The minimum Gasteiger partial charge on any atom is -0.481 e. The molecule has 0 bridgehead atoms. The Balaban J connectivity index is 2.80. The molecule has 0 aliphatic heterocycles. The highest BCUT2D eigenvalue weighted by molar-refractivity contribution is 5.88. The van der Waals surface area contributed by atoms with Crippen molar-refractivity contribution in [1.29, 1.82) is 0 Å². The second-order valence-corrected chi connectivity index (χ2v) is 3.71. The molecule has 0 saturated heterocycles. The Morgan fingerprint density at radius 3 is 2.69 bits per heavy atom. The Morgan fingerprint density at radius 2 is 2.12 bits per heavy atom. The molecule has 86 valence electrons. The van der Waals surface area contributed by atoms with Crippen molar-refractivity contribution in [3.8, 4) is 0 Å². The number of aliphatic carboxylic acids is 1. The predicted molar refractivity (Wildman–Crippen MR) is 56.3 cm³/mol. The van der Waals surface area contributed by atoms with Crippen LogP contribution in [-0.4, -0.2) is 27.1 Å². The SMILES string of the molecule is CC(CC(=O)O)Cc1ncccc1C(=O)O. The van der Waals surface area contributed by atoms with Crippen LogP contribution in [0.5, 0.6) is 0 Å². The highest BCUT2D eigenvalue weighted by Gasteiger charge is 2.15. The zero-order valence-electron chi connectivity index (χ0n) is 8.88. The first-order valence-corrected chi connectivity index (χ1v) is 4.89. The molecular weight excluding hydrogens is 210 g/mol. The van der Waals surface area contributed by atoms with Crippen LogP contribution in [0.4, 0.5) is 0 Å². The van der Waals surface area contributed by atoms with E-state index in [2.05, 4.69) is 4.98 Å². The second-order valence-electron chi connectivity index (χ2n) is 3.71. The molecule has 0 fully saturated rings. The molecule has 0 spiro atoms. The normalized spacial score (nSPS) is 12.1. The lowest BCUT2D eigenvalue weighted by Gasteiger charge is -2.09. The number of hydrogen-bond donors (Lipinski definition) is 2. The molecule has 1 rings (SSSR count). The van der Waals surface area contributed by atoms with E-state index in [-0.39, 0.29) is 17.9 Å². The Hall–Kier alpha value is -1.91. The van der Waals surface area contributed by atoms with Crippen molar-refractivity contribution in [1.82, 2.24) is 4.98 Å². The first-order valence-electron chi connectivity index (χ1n) is 4.89. The van der Waals surface area contributed by atoms with Crippen LogP contribution in [0, 0.1) is 5.92 Å². The fourth-order valence-electron chi connectivity index (χ4n) is 1.50. The molecule has 0 amide bonds. The van der Waals surface area contributed by atoms with Crippen LogP contribution >= 0.6 is 0 Å². The van der Waals surface area contributed by atoms with Gasteiger partial charge in [0.25, 0.3) is 0 Å². The summed E-state index contributed by atoms with van der Waals surface area (Å²) in [7, 11) is 0. The maximum absolute atomic E-state index is 10.9. The molecule has 0 aromatic carbocycles. The second kappa shape index (κ2) is 5.25. The lowest BCUT2D eigenvalue weighted by molar-refractivity contribution is -0.137. The van der Waals surface area contributed by atoms with Gasteiger partial charge in [0.15, 0.2) is 0 Å². The summed E-state index contributed by atoms with van der Waals surface area (Å²) >= 11 is 0. The minimum atomic E-state index is -1.04. The van der Waals surface area contributed by atoms with Gasteiger partial charge in [-0.15, -0.1) is 0 Å². The fourth-order valence-corrected chi connectivity index (χ4v) is 1.50. The van der Waals surface area contributed by atoms with Gasteiger partial charge in [-0.2, -0.15) is 0 Å². The number of aromatic nitrogens is 1. The summed E-state index contributed by atoms with van der Waals surface area (Å²) in [5, 5.41) is 17.5. The molecule has 0 radical (unpaired) electrons. The number of carbonyl (C=O) groups is 2. The smallest absolute Gasteiger partial charge is 0.337 e. The number of rotatable bonds is 5. The Labute approximate surface area is 92.8 Å². The quantitative estimate of drug-likeness (QED) is 0.788. The standard InChI is InChI=1S/C11H13NO4/c1-7(6-10(13)14)5-9-8(11(15)16)3-2-4-12-9/h2-4,7H,5-6H2,1H3,(H,13,14)(H,15,16). The van der Waals surface area contributed by atoms with Gasteiger partial charge in [0.2, 0.25) is 0 Å². The average Bonchev–Trinajstić information content (AvgIpc) is 2.16. The van der Waals surface area contributed by atoms with Gasteiger partial charge in [-0.3, -0.25) is 9.78 Å². The lowest BCUT2D eigenvalue weighted by Crippen LogP contribution is -2.11. The number of carboxylic acids is 2. The third kappa shape index (κ3) is 3.34. The molecule has 16 heavy (non-hydrogen) atoms. The van der Waals surface area contributed by atoms with Crippen molar-refractivity contribution < 1.29 is 19.8 Å². The van der Waals surface area contributed by atoms with Crippen molar-refractivity contribution in [2.24, 2.45) is 5.92 Å². The summed E-state index contributed by atoms with van der Waals surface area (Å²) in [4.78, 5) is 25.3. The lowest BCUT2D eigenvalue weighted by atomic mass is 9.99. The zero-order chi connectivity index (χ0) is 12.1. The summed E-state index contributed by atoms with van der Waals surface area (Å²) in [6, 6.07) is 3.02. The summed E-state index contributed by atoms with van der Waals surface area (Å²) in [6.45, 7) is 1.76. The summed E-state index contributed by atoms with van der Waals surface area (Å²) < 4.78 is 0. The Bertz CT molecular complexity index is 403. The fraction of sp³-hybridized carbons (Fsp3) is 0.364. The van der Waals surface area contributed by atoms with E-state index < -0.39 is 11.9 Å². The van der Waals surface area contributed by atoms with E-state index in [1.54, 1.807) is 13.0 Å². The van der Waals surface area contributed by atoms with Gasteiger partial charge in [-0.25, -0.2) is 4.79 Å². The van der Waals surface area contributed by atoms with Gasteiger partial charge in [0.1, 0.15) is 0 Å². The monoisotopic (exact) mass is 223 g/mol. The first kappa shape index (κ1) is 12.2. The van der Waals surface area contributed by atoms with Crippen LogP contribution < -0.4 is 0 Å². The van der Waals surface area contributed by atoms with Crippen LogP contribution in [0.15, 0.2) is 18.3 Å². The maximum Gasteiger partial charge on any atom is 0.337 e. The number of pyridine rings is 1. The molecular formula is C11H13NO4. The molecule has 2 N–H and O–H groups in total. The molecule has 5 nitrogen and oxygen atoms in total. The molecule has 1 aromatic heterocycles. The van der Waals surface area contributed by atoms with Crippen molar-refractivity contribution in [2.75, 3.05) is 0 Å². The van der Waals surface area contributed by atoms with E-state index >= 15 is 0 Å². The van der Waals surface area contributed by atoms with Crippen LogP contribution in [-0.2, 0) is 11.2 Å². The van der Waals surface area contributed by atoms with Crippen LogP contribution in [0.25, 0.3) is 0 Å². The zero-order valence-corrected chi connectivity index (χ0v) is 8.88. The first-order chi connectivity index (χ1) is 7.50. The molecule has 1 atom stereocenters. The van der Waals surface area contributed by atoms with E-state index in [9.17, 15) is 9.59 Å². The highest BCUT2D eigenvalue weighted by Crippen LogP contribution is 2.13. The van der Waals surface area contributed by atoms with Gasteiger partial charge in [0.05, 0.1) is 11.3 Å². The highest BCUT2D eigenvalue weighted by atomic mass is 16.4. The molecule has 0 aliphatic rings. The predicted octanol–water partition coefficient (Wildman–Crippen LogP) is 1.43. The summed E-state index contributed by atoms with van der Waals surface area (Å²) in [5.41, 5.74) is 0.573. The molecule has 0 aliphatic carbocycles. The summed E-state index contributed by atoms with van der Waals surface area (Å²) in [6.07, 6.45) is 1.87. The van der Waals surface area contributed by atoms with Gasteiger partial charge < -0.3 is 10.2 Å². The van der Waals surface area contributed by atoms with E-state index in [1.807, 2.05) is 0 Å². The van der Waals surface area contributed by atoms with Gasteiger partial charge in [-0.1, -0.05) is 6.92 Å². The van der Waals surface area contributed by atoms with Crippen molar-refractivity contribution in [2.45, 2.75) is 19.8 Å². The largest absolute Gasteiger partial charge is 0.481 e. The van der Waals surface area contributed by atoms with E-state index in [1.165, 1.54) is 12.3 Å². The molecule has 1 aromatic rings. The number of nitrogens with zero attached hydrogens (tertiary/aromatic N) is 1. The van der Waals surface area contributed by atoms with Crippen LogP contribution in [0.2, 0.25) is 0 Å². The number of carboxylic acid groups (broad SMARTS) is 2. The number of hydrogen-bond acceptors (Lipinski definition) is 3. The van der Waals surface area contributed by atoms with E-state index in [0.717, 1.165) is 0 Å². The van der Waals surface area contributed by atoms with Crippen LogP contribution in [0.1, 0.15) is 29.4 Å². The number of aromatic carboxylic acids is 1. The Morgan fingerprint density at radius 1 is 1.44 bits per heavy atom. The topological polar surface area (TPSA) is 87.5 Å². The third-order valence-corrected chi connectivity index (χ3v) is 2.19. The van der Waals surface area contributed by atoms with E-state index in [4.69, 9.17) is 10.2 Å². The van der Waals surface area contributed by atoms with Crippen molar-refractivity contribution in [3.05, 3.63) is 29.6 Å². The van der Waals surface area contributed by atoms with Crippen molar-refractivity contribution >= 4 is 11.9 Å². The van der Waals surface area contributed by atoms with E-state index in [0.29, 0.717) is 12.1 Å². The molecule has 1 unspecified atom stereocenters. The molecule has 0 saturated carbocycles. The van der Waals surface area contributed by atoms with Gasteiger partial charge >= 0.3 is 11.9 Å².